The lowest BCUT2D eigenvalue weighted by molar-refractivity contribution is -0.113. The Balaban J connectivity index is 1.78. The number of carbonyl (C=O) groups is 1. The number of furan rings is 1. The lowest BCUT2D eigenvalue weighted by Crippen LogP contribution is -2.23. The Morgan fingerprint density at radius 2 is 1.79 bits per heavy atom. The largest absolute Gasteiger partial charge is 0.462 e. The number of hydrogen-bond acceptors (Lipinski definition) is 4. The van der Waals surface area contributed by atoms with E-state index in [0.29, 0.717) is 10.9 Å². The van der Waals surface area contributed by atoms with Crippen molar-refractivity contribution in [3.05, 3.63) is 83.3 Å². The predicted molar refractivity (Wildman–Crippen MR) is 115 cm³/mol. The van der Waals surface area contributed by atoms with E-state index in [0.717, 1.165) is 32.8 Å². The van der Waals surface area contributed by atoms with E-state index in [1.807, 2.05) is 69.3 Å². The summed E-state index contributed by atoms with van der Waals surface area (Å²) < 4.78 is 6.59. The van der Waals surface area contributed by atoms with Crippen molar-refractivity contribution in [3.63, 3.8) is 0 Å². The lowest BCUT2D eigenvalue weighted by atomic mass is 10.1. The van der Waals surface area contributed by atoms with Gasteiger partial charge in [-0.05, 0) is 74.4 Å². The van der Waals surface area contributed by atoms with Crippen molar-refractivity contribution in [2.75, 3.05) is 4.90 Å². The van der Waals surface area contributed by atoms with Crippen molar-refractivity contribution in [2.45, 2.75) is 20.8 Å². The summed E-state index contributed by atoms with van der Waals surface area (Å²) in [6.45, 7) is 5.93. The van der Waals surface area contributed by atoms with Gasteiger partial charge >= 0.3 is 0 Å². The summed E-state index contributed by atoms with van der Waals surface area (Å²) >= 11 is 1.50. The first-order valence-electron chi connectivity index (χ1n) is 9.02. The second kappa shape index (κ2) is 7.44. The molecule has 4 rings (SSSR count). The zero-order valence-electron chi connectivity index (χ0n) is 16.0. The van der Waals surface area contributed by atoms with E-state index >= 15 is 0 Å². The Morgan fingerprint density at radius 1 is 1.04 bits per heavy atom. The van der Waals surface area contributed by atoms with Crippen LogP contribution in [0.5, 0.6) is 0 Å². The maximum atomic E-state index is 13.2. The van der Waals surface area contributed by atoms with Crippen LogP contribution >= 0.6 is 11.3 Å². The summed E-state index contributed by atoms with van der Waals surface area (Å²) in [4.78, 5) is 19.5. The van der Waals surface area contributed by atoms with Crippen LogP contribution in [-0.4, -0.2) is 10.9 Å². The second-order valence-corrected chi connectivity index (χ2v) is 7.77. The molecule has 2 aromatic heterocycles. The molecule has 0 saturated carbocycles. The zero-order chi connectivity index (χ0) is 19.7. The smallest absolute Gasteiger partial charge is 0.257 e. The number of para-hydroxylation sites is 1. The van der Waals surface area contributed by atoms with Gasteiger partial charge in [-0.15, -0.1) is 0 Å². The van der Waals surface area contributed by atoms with E-state index < -0.39 is 0 Å². The number of thiazole rings is 1. The first-order valence-corrected chi connectivity index (χ1v) is 9.84. The monoisotopic (exact) mass is 388 g/mol. The van der Waals surface area contributed by atoms with Crippen molar-refractivity contribution in [3.8, 4) is 0 Å². The topological polar surface area (TPSA) is 46.3 Å². The number of hydrogen-bond donors (Lipinski definition) is 0. The molecule has 0 aliphatic carbocycles. The molecule has 2 aromatic carbocycles. The number of anilines is 2. The van der Waals surface area contributed by atoms with Crippen LogP contribution in [0.4, 0.5) is 10.8 Å². The SMILES string of the molecule is Cc1cc(C)cc(N(C(=O)C=Cc2ccc(C)o2)c2nc3ccccc3s2)c1. The van der Waals surface area contributed by atoms with Crippen molar-refractivity contribution in [1.82, 2.24) is 4.98 Å². The molecule has 5 heteroatoms. The van der Waals surface area contributed by atoms with Gasteiger partial charge in [0, 0.05) is 6.08 Å². The fourth-order valence-corrected chi connectivity index (χ4v) is 4.13. The Hall–Kier alpha value is -3.18. The Kier molecular flexibility index (Phi) is 4.84. The van der Waals surface area contributed by atoms with Gasteiger partial charge in [-0.3, -0.25) is 9.69 Å². The van der Waals surface area contributed by atoms with E-state index in [4.69, 9.17) is 9.40 Å². The van der Waals surface area contributed by atoms with Gasteiger partial charge in [0.25, 0.3) is 5.91 Å². The Bertz CT molecular complexity index is 1130. The molecule has 4 nitrogen and oxygen atoms in total. The van der Waals surface area contributed by atoms with Gasteiger partial charge in [-0.2, -0.15) is 0 Å². The van der Waals surface area contributed by atoms with E-state index in [9.17, 15) is 4.79 Å². The van der Waals surface area contributed by atoms with Crippen molar-refractivity contribution in [1.29, 1.82) is 0 Å². The quantitative estimate of drug-likeness (QED) is 0.391. The number of rotatable bonds is 4. The van der Waals surface area contributed by atoms with Crippen molar-refractivity contribution >= 4 is 44.4 Å². The van der Waals surface area contributed by atoms with Crippen LogP contribution in [-0.2, 0) is 4.79 Å². The summed E-state index contributed by atoms with van der Waals surface area (Å²) in [6.07, 6.45) is 3.22. The maximum Gasteiger partial charge on any atom is 0.257 e. The molecule has 0 atom stereocenters. The highest BCUT2D eigenvalue weighted by atomic mass is 32.1. The number of aromatic nitrogens is 1. The number of benzene rings is 2. The number of amides is 1. The molecular formula is C23H20N2O2S. The number of nitrogens with zero attached hydrogens (tertiary/aromatic N) is 2. The molecule has 0 bridgehead atoms. The normalized spacial score (nSPS) is 11.4. The van der Waals surface area contributed by atoms with E-state index in [1.165, 1.54) is 17.4 Å². The van der Waals surface area contributed by atoms with Gasteiger partial charge < -0.3 is 4.42 Å². The summed E-state index contributed by atoms with van der Waals surface area (Å²) in [5, 5.41) is 0.650. The first-order chi connectivity index (χ1) is 13.5. The molecule has 0 radical (unpaired) electrons. The van der Waals surface area contributed by atoms with E-state index in [2.05, 4.69) is 6.07 Å². The van der Waals surface area contributed by atoms with Crippen LogP contribution in [0.3, 0.4) is 0 Å². The minimum absolute atomic E-state index is 0.168. The molecule has 0 saturated heterocycles. The summed E-state index contributed by atoms with van der Waals surface area (Å²) in [7, 11) is 0. The number of fused-ring (bicyclic) bond motifs is 1. The van der Waals surface area contributed by atoms with Crippen LogP contribution in [0.1, 0.15) is 22.6 Å². The average molecular weight is 388 g/mol. The summed E-state index contributed by atoms with van der Waals surface area (Å²) in [5.41, 5.74) is 3.89. The van der Waals surface area contributed by atoms with Gasteiger partial charge in [0.2, 0.25) is 0 Å². The average Bonchev–Trinajstić information content (AvgIpc) is 3.25. The van der Waals surface area contributed by atoms with Crippen LogP contribution in [0.25, 0.3) is 16.3 Å². The first kappa shape index (κ1) is 18.2. The molecular weight excluding hydrogens is 368 g/mol. The fraction of sp³-hybridized carbons (Fsp3) is 0.130. The minimum atomic E-state index is -0.168. The molecule has 4 aromatic rings. The van der Waals surface area contributed by atoms with Gasteiger partial charge in [0.1, 0.15) is 11.5 Å². The third kappa shape index (κ3) is 3.75. The summed E-state index contributed by atoms with van der Waals surface area (Å²) in [6, 6.07) is 17.7. The molecule has 0 unspecified atom stereocenters. The molecule has 28 heavy (non-hydrogen) atoms. The van der Waals surface area contributed by atoms with Gasteiger partial charge in [0.05, 0.1) is 15.9 Å². The predicted octanol–water partition coefficient (Wildman–Crippen LogP) is 6.19. The minimum Gasteiger partial charge on any atom is -0.462 e. The maximum absolute atomic E-state index is 13.2. The molecule has 0 N–H and O–H groups in total. The molecule has 0 spiro atoms. The molecule has 0 aliphatic heterocycles. The van der Waals surface area contributed by atoms with E-state index in [1.54, 1.807) is 11.0 Å². The number of carbonyl (C=O) groups excluding carboxylic acids is 1. The van der Waals surface area contributed by atoms with Gasteiger partial charge in [0.15, 0.2) is 5.13 Å². The highest BCUT2D eigenvalue weighted by molar-refractivity contribution is 7.22. The van der Waals surface area contributed by atoms with Crippen LogP contribution in [0.15, 0.2) is 65.1 Å². The van der Waals surface area contributed by atoms with Crippen molar-refractivity contribution < 1.29 is 9.21 Å². The molecule has 140 valence electrons. The highest BCUT2D eigenvalue weighted by Crippen LogP contribution is 2.34. The Morgan fingerprint density at radius 3 is 2.46 bits per heavy atom. The van der Waals surface area contributed by atoms with Gasteiger partial charge in [-0.25, -0.2) is 4.98 Å². The van der Waals surface area contributed by atoms with E-state index in [-0.39, 0.29) is 5.91 Å². The highest BCUT2D eigenvalue weighted by Gasteiger charge is 2.20. The third-order valence-electron chi connectivity index (χ3n) is 4.31. The summed E-state index contributed by atoms with van der Waals surface area (Å²) in [5.74, 6) is 1.29. The standard InChI is InChI=1S/C23H20N2O2S/c1-15-12-16(2)14-18(13-15)25(22(26)11-10-19-9-8-17(3)27-19)23-24-20-6-4-5-7-21(20)28-23/h4-14H,1-3H3. The molecule has 0 fully saturated rings. The second-order valence-electron chi connectivity index (χ2n) is 6.77. The zero-order valence-corrected chi connectivity index (χ0v) is 16.8. The van der Waals surface area contributed by atoms with Crippen LogP contribution in [0.2, 0.25) is 0 Å². The third-order valence-corrected chi connectivity index (χ3v) is 5.33. The molecule has 0 aliphatic rings. The Labute approximate surface area is 167 Å². The number of aryl methyl sites for hydroxylation is 3. The lowest BCUT2D eigenvalue weighted by Gasteiger charge is -2.19. The molecule has 2 heterocycles. The molecule has 1 amide bonds. The van der Waals surface area contributed by atoms with Crippen molar-refractivity contribution in [2.24, 2.45) is 0 Å². The fourth-order valence-electron chi connectivity index (χ4n) is 3.14. The van der Waals surface area contributed by atoms with Crippen LogP contribution in [0, 0.1) is 20.8 Å². The van der Waals surface area contributed by atoms with Gasteiger partial charge in [-0.1, -0.05) is 29.5 Å². The van der Waals surface area contributed by atoms with Crippen LogP contribution < -0.4 is 4.90 Å².